The van der Waals surface area contributed by atoms with E-state index in [4.69, 9.17) is 4.74 Å². The zero-order valence-electron chi connectivity index (χ0n) is 16.5. The Morgan fingerprint density at radius 1 is 1.03 bits per heavy atom. The lowest BCUT2D eigenvalue weighted by molar-refractivity contribution is 0.102. The number of aromatic nitrogens is 4. The second kappa shape index (κ2) is 8.44. The minimum atomic E-state index is -0.276. The Balaban J connectivity index is 1.53. The van der Waals surface area contributed by atoms with E-state index in [1.807, 2.05) is 55.5 Å². The molecule has 0 spiro atoms. The highest BCUT2D eigenvalue weighted by molar-refractivity contribution is 6.07. The molecule has 0 aliphatic rings. The molecule has 1 amide bonds. The Kier molecular flexibility index (Phi) is 5.38. The van der Waals surface area contributed by atoms with Crippen LogP contribution in [0.4, 0.5) is 17.2 Å². The summed E-state index contributed by atoms with van der Waals surface area (Å²) in [5.41, 5.74) is 2.65. The predicted molar refractivity (Wildman–Crippen MR) is 115 cm³/mol. The number of nitrogens with zero attached hydrogens (tertiary/aromatic N) is 3. The maximum Gasteiger partial charge on any atom is 0.259 e. The van der Waals surface area contributed by atoms with E-state index in [-0.39, 0.29) is 5.91 Å². The van der Waals surface area contributed by atoms with E-state index in [2.05, 4.69) is 30.8 Å². The number of amides is 1. The Labute approximate surface area is 173 Å². The summed E-state index contributed by atoms with van der Waals surface area (Å²) in [7, 11) is 1.59. The summed E-state index contributed by atoms with van der Waals surface area (Å²) in [6, 6.07) is 18.2. The number of benzene rings is 2. The van der Waals surface area contributed by atoms with Gasteiger partial charge in [0.2, 0.25) is 0 Å². The Bertz CT molecular complexity index is 1170. The molecule has 0 fully saturated rings. The molecule has 30 heavy (non-hydrogen) atoms. The Morgan fingerprint density at radius 3 is 2.57 bits per heavy atom. The summed E-state index contributed by atoms with van der Waals surface area (Å²) in [5.74, 6) is 2.18. The Morgan fingerprint density at radius 2 is 1.83 bits per heavy atom. The Hall–Kier alpha value is -4.20. The number of H-pyrrole nitrogens is 1. The molecule has 0 saturated heterocycles. The van der Waals surface area contributed by atoms with Crippen LogP contribution in [-0.4, -0.2) is 33.2 Å². The molecule has 150 valence electrons. The minimum absolute atomic E-state index is 0.276. The molecule has 3 N–H and O–H groups in total. The molecule has 4 aromatic rings. The number of anilines is 3. The fourth-order valence-electron chi connectivity index (χ4n) is 2.94. The van der Waals surface area contributed by atoms with Crippen molar-refractivity contribution in [2.24, 2.45) is 0 Å². The van der Waals surface area contributed by atoms with E-state index >= 15 is 0 Å². The van der Waals surface area contributed by atoms with Crippen molar-refractivity contribution in [1.29, 1.82) is 0 Å². The van der Waals surface area contributed by atoms with Gasteiger partial charge in [-0.1, -0.05) is 12.1 Å². The standard InChI is InChI=1S/C22H20N6O2/c1-14-24-20(28-27-14)15-9-11-16(12-10-15)25-22(29)17-6-5-13-23-21(17)26-18-7-3-4-8-19(18)30-2/h3-13H,1-2H3,(H,23,26)(H,25,29)(H,24,27,28). The van der Waals surface area contributed by atoms with Crippen molar-refractivity contribution in [2.45, 2.75) is 6.92 Å². The number of carbonyl (C=O) groups excluding carboxylic acids is 1. The molecule has 8 nitrogen and oxygen atoms in total. The van der Waals surface area contributed by atoms with E-state index in [1.54, 1.807) is 25.4 Å². The lowest BCUT2D eigenvalue weighted by Gasteiger charge is -2.13. The van der Waals surface area contributed by atoms with Gasteiger partial charge in [-0.15, -0.1) is 0 Å². The largest absolute Gasteiger partial charge is 0.495 e. The van der Waals surface area contributed by atoms with Gasteiger partial charge in [-0.05, 0) is 55.5 Å². The number of rotatable bonds is 6. The molecular weight excluding hydrogens is 380 g/mol. The summed E-state index contributed by atoms with van der Waals surface area (Å²) in [4.78, 5) is 21.5. The van der Waals surface area contributed by atoms with Gasteiger partial charge in [0, 0.05) is 17.4 Å². The summed E-state index contributed by atoms with van der Waals surface area (Å²) < 4.78 is 5.36. The number of aromatic amines is 1. The summed E-state index contributed by atoms with van der Waals surface area (Å²) in [6.07, 6.45) is 1.63. The normalized spacial score (nSPS) is 10.5. The second-order valence-electron chi connectivity index (χ2n) is 6.50. The van der Waals surface area contributed by atoms with Crippen LogP contribution in [0.15, 0.2) is 66.9 Å². The molecule has 0 bridgehead atoms. The monoisotopic (exact) mass is 400 g/mol. The number of hydrogen-bond donors (Lipinski definition) is 3. The molecule has 0 aliphatic carbocycles. The van der Waals surface area contributed by atoms with Gasteiger partial charge in [0.05, 0.1) is 18.4 Å². The third-order valence-electron chi connectivity index (χ3n) is 4.41. The molecule has 0 atom stereocenters. The first kappa shape index (κ1) is 19.1. The summed E-state index contributed by atoms with van der Waals surface area (Å²) in [6.45, 7) is 1.84. The number of hydrogen-bond acceptors (Lipinski definition) is 6. The van der Waals surface area contributed by atoms with Crippen LogP contribution >= 0.6 is 0 Å². The van der Waals surface area contributed by atoms with Gasteiger partial charge in [-0.25, -0.2) is 9.97 Å². The maximum atomic E-state index is 12.9. The van der Waals surface area contributed by atoms with Gasteiger partial charge >= 0.3 is 0 Å². The lowest BCUT2D eigenvalue weighted by atomic mass is 10.2. The van der Waals surface area contributed by atoms with Crippen LogP contribution in [-0.2, 0) is 0 Å². The summed E-state index contributed by atoms with van der Waals surface area (Å²) >= 11 is 0. The van der Waals surface area contributed by atoms with Crippen molar-refractivity contribution >= 4 is 23.1 Å². The van der Waals surface area contributed by atoms with E-state index in [0.29, 0.717) is 28.6 Å². The SMILES string of the molecule is COc1ccccc1Nc1ncccc1C(=O)Nc1ccc(-c2n[nH]c(C)n2)cc1. The minimum Gasteiger partial charge on any atom is -0.495 e. The zero-order chi connectivity index (χ0) is 20.9. The average molecular weight is 400 g/mol. The predicted octanol–water partition coefficient (Wildman–Crippen LogP) is 4.18. The van der Waals surface area contributed by atoms with E-state index in [9.17, 15) is 4.79 Å². The van der Waals surface area contributed by atoms with Crippen molar-refractivity contribution in [3.05, 3.63) is 78.2 Å². The van der Waals surface area contributed by atoms with Gasteiger partial charge in [-0.2, -0.15) is 5.10 Å². The molecule has 8 heteroatoms. The zero-order valence-corrected chi connectivity index (χ0v) is 16.5. The van der Waals surface area contributed by atoms with Gasteiger partial charge < -0.3 is 15.4 Å². The number of pyridine rings is 1. The molecule has 2 aromatic heterocycles. The highest BCUT2D eigenvalue weighted by Crippen LogP contribution is 2.28. The van der Waals surface area contributed by atoms with Gasteiger partial charge in [0.25, 0.3) is 5.91 Å². The van der Waals surface area contributed by atoms with Crippen molar-refractivity contribution < 1.29 is 9.53 Å². The number of para-hydroxylation sites is 2. The number of carbonyl (C=O) groups is 1. The van der Waals surface area contributed by atoms with E-state index < -0.39 is 0 Å². The van der Waals surface area contributed by atoms with Crippen molar-refractivity contribution in [3.63, 3.8) is 0 Å². The molecule has 2 heterocycles. The first-order chi connectivity index (χ1) is 14.6. The average Bonchev–Trinajstić information content (AvgIpc) is 3.21. The molecule has 4 rings (SSSR count). The first-order valence-electron chi connectivity index (χ1n) is 9.30. The molecular formula is C22H20N6O2. The topological polar surface area (TPSA) is 105 Å². The number of nitrogens with one attached hydrogen (secondary N) is 3. The van der Waals surface area contributed by atoms with Crippen LogP contribution in [0.1, 0.15) is 16.2 Å². The maximum absolute atomic E-state index is 12.9. The third kappa shape index (κ3) is 4.12. The number of methoxy groups -OCH3 is 1. The van der Waals surface area contributed by atoms with Crippen LogP contribution in [0.3, 0.4) is 0 Å². The van der Waals surface area contributed by atoms with Gasteiger partial charge in [-0.3, -0.25) is 9.89 Å². The molecule has 0 aliphatic heterocycles. The molecule has 0 radical (unpaired) electrons. The smallest absolute Gasteiger partial charge is 0.259 e. The van der Waals surface area contributed by atoms with Gasteiger partial charge in [0.15, 0.2) is 5.82 Å². The molecule has 0 unspecified atom stereocenters. The fourth-order valence-corrected chi connectivity index (χ4v) is 2.94. The van der Waals surface area contributed by atoms with Crippen molar-refractivity contribution in [1.82, 2.24) is 20.2 Å². The van der Waals surface area contributed by atoms with Crippen molar-refractivity contribution in [3.8, 4) is 17.1 Å². The van der Waals surface area contributed by atoms with Crippen LogP contribution in [0, 0.1) is 6.92 Å². The van der Waals surface area contributed by atoms with Crippen molar-refractivity contribution in [2.75, 3.05) is 17.7 Å². The van der Waals surface area contributed by atoms with Gasteiger partial charge in [0.1, 0.15) is 17.4 Å². The number of ether oxygens (including phenoxy) is 1. The molecule has 0 saturated carbocycles. The highest BCUT2D eigenvalue weighted by Gasteiger charge is 2.14. The lowest BCUT2D eigenvalue weighted by Crippen LogP contribution is -2.14. The summed E-state index contributed by atoms with van der Waals surface area (Å²) in [5, 5.41) is 13.0. The quantitative estimate of drug-likeness (QED) is 0.448. The van der Waals surface area contributed by atoms with E-state index in [0.717, 1.165) is 17.1 Å². The third-order valence-corrected chi connectivity index (χ3v) is 4.41. The van der Waals surface area contributed by atoms with Crippen LogP contribution in [0.5, 0.6) is 5.75 Å². The van der Waals surface area contributed by atoms with Crippen LogP contribution in [0.25, 0.3) is 11.4 Å². The molecule has 2 aromatic carbocycles. The fraction of sp³-hybridized carbons (Fsp3) is 0.0909. The first-order valence-corrected chi connectivity index (χ1v) is 9.30. The highest BCUT2D eigenvalue weighted by atomic mass is 16.5. The number of aryl methyl sites for hydroxylation is 1. The van der Waals surface area contributed by atoms with Crippen LogP contribution < -0.4 is 15.4 Å². The second-order valence-corrected chi connectivity index (χ2v) is 6.50. The van der Waals surface area contributed by atoms with E-state index in [1.165, 1.54) is 0 Å². The van der Waals surface area contributed by atoms with Crippen LogP contribution in [0.2, 0.25) is 0 Å².